The monoisotopic (exact) mass is 286 g/mol. The molecule has 0 spiro atoms. The maximum absolute atomic E-state index is 12.1. The lowest BCUT2D eigenvalue weighted by Crippen LogP contribution is -2.33. The molecule has 2 fully saturated rings. The average Bonchev–Trinajstić information content (AvgIpc) is 2.97. The highest BCUT2D eigenvalue weighted by Crippen LogP contribution is 2.57. The van der Waals surface area contributed by atoms with Crippen LogP contribution >= 0.6 is 0 Å². The summed E-state index contributed by atoms with van der Waals surface area (Å²) < 4.78 is 0. The molecule has 21 heavy (non-hydrogen) atoms. The predicted molar refractivity (Wildman–Crippen MR) is 84.8 cm³/mol. The largest absolute Gasteiger partial charge is 0.354 e. The number of fused-ring (bicyclic) bond motifs is 1. The fourth-order valence-corrected chi connectivity index (χ4v) is 3.78. The van der Waals surface area contributed by atoms with Gasteiger partial charge >= 0.3 is 0 Å². The van der Waals surface area contributed by atoms with Crippen molar-refractivity contribution in [3.05, 3.63) is 35.4 Å². The second-order valence-electron chi connectivity index (χ2n) is 6.96. The van der Waals surface area contributed by atoms with Gasteiger partial charge in [-0.05, 0) is 41.7 Å². The first-order valence-electron chi connectivity index (χ1n) is 8.21. The normalized spacial score (nSPS) is 28.3. The lowest BCUT2D eigenvalue weighted by Gasteiger charge is -2.15. The summed E-state index contributed by atoms with van der Waals surface area (Å²) in [5.74, 6) is 2.38. The second kappa shape index (κ2) is 5.80. The fraction of sp³-hybridized carbons (Fsp3) is 0.611. The van der Waals surface area contributed by atoms with Crippen molar-refractivity contribution >= 4 is 5.91 Å². The van der Waals surface area contributed by atoms with Crippen LogP contribution in [0.5, 0.6) is 0 Å². The second-order valence-corrected chi connectivity index (χ2v) is 6.96. The summed E-state index contributed by atoms with van der Waals surface area (Å²) >= 11 is 0. The number of carbonyl (C=O) groups is 1. The number of hydrogen-bond acceptors (Lipinski definition) is 2. The molecule has 3 atom stereocenters. The van der Waals surface area contributed by atoms with Gasteiger partial charge in [-0.15, -0.1) is 0 Å². The molecular weight excluding hydrogens is 260 g/mol. The highest BCUT2D eigenvalue weighted by Gasteiger charge is 2.56. The number of rotatable bonds is 5. The molecular formula is C18H26N2O. The van der Waals surface area contributed by atoms with E-state index >= 15 is 0 Å². The van der Waals surface area contributed by atoms with Crippen LogP contribution in [0.25, 0.3) is 0 Å². The van der Waals surface area contributed by atoms with Crippen LogP contribution < -0.4 is 11.1 Å². The first-order valence-corrected chi connectivity index (χ1v) is 8.21. The van der Waals surface area contributed by atoms with Crippen LogP contribution in [0, 0.1) is 17.8 Å². The molecule has 3 N–H and O–H groups in total. The standard InChI is InChI=1S/C18H26N2O/c1-11(2)12-6-8-13(9-7-12)16(19)10-20-18(21)17-14-4-3-5-15(14)17/h6-9,11,14-17H,3-5,10,19H2,1-2H3,(H,20,21). The Morgan fingerprint density at radius 2 is 1.76 bits per heavy atom. The number of benzene rings is 1. The van der Waals surface area contributed by atoms with E-state index < -0.39 is 0 Å². The molecule has 0 bridgehead atoms. The molecule has 2 aliphatic rings. The van der Waals surface area contributed by atoms with Crippen LogP contribution in [0.3, 0.4) is 0 Å². The smallest absolute Gasteiger partial charge is 0.223 e. The van der Waals surface area contributed by atoms with Crippen molar-refractivity contribution in [2.24, 2.45) is 23.5 Å². The molecule has 0 aliphatic heterocycles. The maximum atomic E-state index is 12.1. The third kappa shape index (κ3) is 2.98. The van der Waals surface area contributed by atoms with E-state index in [4.69, 9.17) is 5.73 Å². The van der Waals surface area contributed by atoms with E-state index in [0.717, 1.165) is 5.56 Å². The highest BCUT2D eigenvalue weighted by molar-refractivity contribution is 5.82. The van der Waals surface area contributed by atoms with Gasteiger partial charge in [-0.1, -0.05) is 44.5 Å². The molecule has 2 saturated carbocycles. The van der Waals surface area contributed by atoms with Crippen LogP contribution in [0.4, 0.5) is 0 Å². The van der Waals surface area contributed by atoms with Crippen molar-refractivity contribution in [3.63, 3.8) is 0 Å². The SMILES string of the molecule is CC(C)c1ccc(C(N)CNC(=O)C2C3CCCC32)cc1. The zero-order valence-corrected chi connectivity index (χ0v) is 13.0. The van der Waals surface area contributed by atoms with Crippen LogP contribution in [-0.2, 0) is 4.79 Å². The topological polar surface area (TPSA) is 55.1 Å². The van der Waals surface area contributed by atoms with Crippen LogP contribution in [-0.4, -0.2) is 12.5 Å². The molecule has 0 saturated heterocycles. The van der Waals surface area contributed by atoms with Crippen LogP contribution in [0.1, 0.15) is 56.2 Å². The Labute approximate surface area is 127 Å². The zero-order chi connectivity index (χ0) is 15.0. The van der Waals surface area contributed by atoms with E-state index in [1.165, 1.54) is 24.8 Å². The van der Waals surface area contributed by atoms with Crippen molar-refractivity contribution < 1.29 is 4.79 Å². The van der Waals surface area contributed by atoms with E-state index in [1.807, 2.05) is 0 Å². The van der Waals surface area contributed by atoms with Gasteiger partial charge < -0.3 is 11.1 Å². The van der Waals surface area contributed by atoms with E-state index in [1.54, 1.807) is 0 Å². The minimum atomic E-state index is -0.117. The first kappa shape index (κ1) is 14.6. The van der Waals surface area contributed by atoms with Crippen LogP contribution in [0.2, 0.25) is 0 Å². The van der Waals surface area contributed by atoms with Gasteiger partial charge in [-0.3, -0.25) is 4.79 Å². The molecule has 0 aromatic heterocycles. The summed E-state index contributed by atoms with van der Waals surface area (Å²) in [5, 5.41) is 3.04. The highest BCUT2D eigenvalue weighted by atomic mass is 16.2. The van der Waals surface area contributed by atoms with Crippen molar-refractivity contribution in [2.45, 2.75) is 45.1 Å². The summed E-state index contributed by atoms with van der Waals surface area (Å²) in [7, 11) is 0. The van der Waals surface area contributed by atoms with E-state index in [9.17, 15) is 4.79 Å². The van der Waals surface area contributed by atoms with Crippen molar-refractivity contribution in [3.8, 4) is 0 Å². The Kier molecular flexibility index (Phi) is 4.03. The van der Waals surface area contributed by atoms with Gasteiger partial charge in [-0.2, -0.15) is 0 Å². The van der Waals surface area contributed by atoms with Crippen molar-refractivity contribution in [1.29, 1.82) is 0 Å². The van der Waals surface area contributed by atoms with E-state index in [0.29, 0.717) is 24.3 Å². The van der Waals surface area contributed by atoms with E-state index in [-0.39, 0.29) is 17.9 Å². The fourth-order valence-electron chi connectivity index (χ4n) is 3.78. The third-order valence-corrected chi connectivity index (χ3v) is 5.24. The molecule has 1 amide bonds. The zero-order valence-electron chi connectivity index (χ0n) is 13.0. The van der Waals surface area contributed by atoms with Gasteiger partial charge in [0.2, 0.25) is 5.91 Å². The Bertz CT molecular complexity index is 498. The molecule has 3 unspecified atom stereocenters. The summed E-state index contributed by atoms with van der Waals surface area (Å²) in [6.45, 7) is 4.90. The molecule has 3 rings (SSSR count). The van der Waals surface area contributed by atoms with Crippen molar-refractivity contribution in [1.82, 2.24) is 5.32 Å². The van der Waals surface area contributed by atoms with Gasteiger partial charge in [0.15, 0.2) is 0 Å². The van der Waals surface area contributed by atoms with Gasteiger partial charge in [0.25, 0.3) is 0 Å². The van der Waals surface area contributed by atoms with Crippen molar-refractivity contribution in [2.75, 3.05) is 6.54 Å². The van der Waals surface area contributed by atoms with E-state index in [2.05, 4.69) is 43.4 Å². The summed E-state index contributed by atoms with van der Waals surface area (Å²) in [4.78, 5) is 12.1. The first-order chi connectivity index (χ1) is 10.1. The summed E-state index contributed by atoms with van der Waals surface area (Å²) in [6, 6.07) is 8.31. The van der Waals surface area contributed by atoms with Gasteiger partial charge in [-0.25, -0.2) is 0 Å². The molecule has 3 heteroatoms. The lowest BCUT2D eigenvalue weighted by molar-refractivity contribution is -0.123. The molecule has 1 aromatic rings. The summed E-state index contributed by atoms with van der Waals surface area (Å²) in [6.07, 6.45) is 3.79. The minimum Gasteiger partial charge on any atom is -0.354 e. The predicted octanol–water partition coefficient (Wildman–Crippen LogP) is 2.97. The minimum absolute atomic E-state index is 0.117. The number of hydrogen-bond donors (Lipinski definition) is 2. The molecule has 3 nitrogen and oxygen atoms in total. The van der Waals surface area contributed by atoms with Gasteiger partial charge in [0.05, 0.1) is 0 Å². The molecule has 2 aliphatic carbocycles. The molecule has 114 valence electrons. The number of nitrogens with two attached hydrogens (primary N) is 1. The molecule has 0 radical (unpaired) electrons. The average molecular weight is 286 g/mol. The Morgan fingerprint density at radius 3 is 2.33 bits per heavy atom. The number of carbonyl (C=O) groups excluding carboxylic acids is 1. The van der Waals surface area contributed by atoms with Crippen LogP contribution in [0.15, 0.2) is 24.3 Å². The quantitative estimate of drug-likeness (QED) is 0.874. The Morgan fingerprint density at radius 1 is 1.19 bits per heavy atom. The van der Waals surface area contributed by atoms with Gasteiger partial charge in [0, 0.05) is 18.5 Å². The Hall–Kier alpha value is -1.35. The lowest BCUT2D eigenvalue weighted by atomic mass is 9.99. The maximum Gasteiger partial charge on any atom is 0.223 e. The number of amides is 1. The Balaban J connectivity index is 1.49. The summed E-state index contributed by atoms with van der Waals surface area (Å²) in [5.41, 5.74) is 8.60. The third-order valence-electron chi connectivity index (χ3n) is 5.24. The molecule has 0 heterocycles. The number of nitrogens with one attached hydrogen (secondary N) is 1. The molecule has 1 aromatic carbocycles. The van der Waals surface area contributed by atoms with Gasteiger partial charge in [0.1, 0.15) is 0 Å².